The first-order chi connectivity index (χ1) is 17.8. The molecule has 7 nitrogen and oxygen atoms in total. The molecule has 2 fully saturated rings. The molecule has 0 bridgehead atoms. The van der Waals surface area contributed by atoms with E-state index >= 15 is 0 Å². The molecule has 2 aliphatic rings. The molecule has 37 heavy (non-hydrogen) atoms. The van der Waals surface area contributed by atoms with E-state index in [-0.39, 0.29) is 43.0 Å². The van der Waals surface area contributed by atoms with Gasteiger partial charge in [-0.05, 0) is 53.6 Å². The number of esters is 2. The van der Waals surface area contributed by atoms with Gasteiger partial charge >= 0.3 is 11.9 Å². The lowest BCUT2D eigenvalue weighted by Crippen LogP contribution is -2.37. The van der Waals surface area contributed by atoms with Crippen LogP contribution in [0.25, 0.3) is 0 Å². The molecule has 0 radical (unpaired) electrons. The van der Waals surface area contributed by atoms with Gasteiger partial charge in [-0.25, -0.2) is 0 Å². The van der Waals surface area contributed by atoms with Crippen molar-refractivity contribution in [3.63, 3.8) is 0 Å². The van der Waals surface area contributed by atoms with Crippen LogP contribution in [0.4, 0.5) is 0 Å². The molecule has 0 aromatic heterocycles. The van der Waals surface area contributed by atoms with E-state index < -0.39 is 0 Å². The highest BCUT2D eigenvalue weighted by atomic mass is 16.6. The lowest BCUT2D eigenvalue weighted by Gasteiger charge is -2.35. The highest BCUT2D eigenvalue weighted by Gasteiger charge is 2.34. The fraction of sp³-hybridized carbons (Fsp3) is 0.533. The molecular formula is C30H38O7. The average molecular weight is 511 g/mol. The minimum absolute atomic E-state index is 0.0171. The Labute approximate surface area is 219 Å². The van der Waals surface area contributed by atoms with Gasteiger partial charge in [0.25, 0.3) is 0 Å². The lowest BCUT2D eigenvalue weighted by atomic mass is 9.91. The van der Waals surface area contributed by atoms with E-state index in [9.17, 15) is 9.59 Å². The Morgan fingerprint density at radius 3 is 2.41 bits per heavy atom. The molecule has 2 aromatic rings. The molecule has 0 spiro atoms. The van der Waals surface area contributed by atoms with Crippen LogP contribution in [-0.2, 0) is 41.4 Å². The Morgan fingerprint density at radius 1 is 1.00 bits per heavy atom. The van der Waals surface area contributed by atoms with Crippen LogP contribution in [0.3, 0.4) is 0 Å². The summed E-state index contributed by atoms with van der Waals surface area (Å²) in [5.41, 5.74) is 5.75. The summed E-state index contributed by atoms with van der Waals surface area (Å²) in [7, 11) is 0. The van der Waals surface area contributed by atoms with Crippen molar-refractivity contribution in [2.45, 2.75) is 84.2 Å². The van der Waals surface area contributed by atoms with Crippen LogP contribution in [0.1, 0.15) is 74.0 Å². The molecule has 0 aliphatic carbocycles. The van der Waals surface area contributed by atoms with Crippen molar-refractivity contribution in [2.24, 2.45) is 0 Å². The largest absolute Gasteiger partial charge is 0.488 e. The van der Waals surface area contributed by atoms with Crippen LogP contribution in [0.5, 0.6) is 5.75 Å². The van der Waals surface area contributed by atoms with E-state index in [0.717, 1.165) is 41.7 Å². The van der Waals surface area contributed by atoms with E-state index in [0.29, 0.717) is 26.1 Å². The first-order valence-electron chi connectivity index (χ1n) is 13.2. The maximum Gasteiger partial charge on any atom is 0.302 e. The minimum Gasteiger partial charge on any atom is -0.488 e. The van der Waals surface area contributed by atoms with E-state index in [1.807, 2.05) is 6.07 Å². The van der Waals surface area contributed by atoms with Crippen LogP contribution >= 0.6 is 0 Å². The first kappa shape index (κ1) is 27.1. The monoisotopic (exact) mass is 510 g/mol. The number of carbonyl (C=O) groups is 2. The lowest BCUT2D eigenvalue weighted by molar-refractivity contribution is -0.169. The Balaban J connectivity index is 1.64. The van der Waals surface area contributed by atoms with Gasteiger partial charge in [-0.3, -0.25) is 9.59 Å². The third-order valence-corrected chi connectivity index (χ3v) is 7.03. The van der Waals surface area contributed by atoms with Crippen LogP contribution in [0.2, 0.25) is 0 Å². The second-order valence-electron chi connectivity index (χ2n) is 10.0. The molecule has 7 heteroatoms. The number of rotatable bonds is 9. The van der Waals surface area contributed by atoms with E-state index in [1.54, 1.807) is 0 Å². The zero-order chi connectivity index (χ0) is 26.4. The third-order valence-electron chi connectivity index (χ3n) is 7.03. The summed E-state index contributed by atoms with van der Waals surface area (Å²) >= 11 is 0. The van der Waals surface area contributed by atoms with Gasteiger partial charge in [-0.15, -0.1) is 0 Å². The summed E-state index contributed by atoms with van der Waals surface area (Å²) in [6.45, 7) is 8.44. The van der Waals surface area contributed by atoms with Crippen molar-refractivity contribution >= 4 is 11.9 Å². The quantitative estimate of drug-likeness (QED) is 0.438. The van der Waals surface area contributed by atoms with E-state index in [4.69, 9.17) is 23.7 Å². The van der Waals surface area contributed by atoms with Crippen LogP contribution in [-0.4, -0.2) is 50.1 Å². The van der Waals surface area contributed by atoms with Crippen LogP contribution < -0.4 is 4.74 Å². The number of ether oxygens (including phenoxy) is 5. The number of hydrogen-bond donors (Lipinski definition) is 0. The van der Waals surface area contributed by atoms with Gasteiger partial charge < -0.3 is 23.7 Å². The molecule has 2 heterocycles. The van der Waals surface area contributed by atoms with Gasteiger partial charge in [0.15, 0.2) is 0 Å². The highest BCUT2D eigenvalue weighted by molar-refractivity contribution is 5.66. The Bertz CT molecular complexity index is 1070. The van der Waals surface area contributed by atoms with Gasteiger partial charge in [0.1, 0.15) is 24.6 Å². The number of hydrogen-bond acceptors (Lipinski definition) is 7. The van der Waals surface area contributed by atoms with Crippen molar-refractivity contribution in [1.29, 1.82) is 0 Å². The Kier molecular flexibility index (Phi) is 9.22. The van der Waals surface area contributed by atoms with Gasteiger partial charge in [0.2, 0.25) is 0 Å². The molecule has 0 N–H and O–H groups in total. The summed E-state index contributed by atoms with van der Waals surface area (Å²) in [5, 5.41) is 0. The maximum absolute atomic E-state index is 11.7. The number of benzene rings is 2. The number of aryl methyl sites for hydroxylation is 1. The van der Waals surface area contributed by atoms with Crippen LogP contribution in [0, 0.1) is 6.92 Å². The molecule has 2 aromatic carbocycles. The predicted molar refractivity (Wildman–Crippen MR) is 139 cm³/mol. The molecule has 200 valence electrons. The Hall–Kier alpha value is -2.90. The molecule has 0 amide bonds. The SMILES string of the molecule is CCc1ccc(Cc2cc(C3CC(OC(C)=O)CC(COC(C)=O)O3)cc(OC3CCOC3)c2C)cc1. The standard InChI is InChI=1S/C30H38O7/c1-5-22-6-8-23(9-7-22)12-24-13-25(14-29(19(24)2)36-26-10-11-33-17-26)30-16-27(35-21(4)32)15-28(37-30)18-34-20(3)31/h6-9,13-14,26-28,30H,5,10-12,15-18H2,1-4H3. The fourth-order valence-corrected chi connectivity index (χ4v) is 4.99. The molecule has 2 aliphatic heterocycles. The maximum atomic E-state index is 11.7. The van der Waals surface area contributed by atoms with E-state index in [2.05, 4.69) is 44.2 Å². The normalized spacial score (nSPS) is 23.5. The summed E-state index contributed by atoms with van der Waals surface area (Å²) in [5.74, 6) is 0.126. The van der Waals surface area contributed by atoms with Gasteiger partial charge in [-0.1, -0.05) is 37.3 Å². The van der Waals surface area contributed by atoms with Crippen molar-refractivity contribution in [1.82, 2.24) is 0 Å². The summed E-state index contributed by atoms with van der Waals surface area (Å²) < 4.78 is 29.1. The zero-order valence-corrected chi connectivity index (χ0v) is 22.3. The average Bonchev–Trinajstić information content (AvgIpc) is 3.38. The second kappa shape index (κ2) is 12.6. The topological polar surface area (TPSA) is 80.3 Å². The highest BCUT2D eigenvalue weighted by Crippen LogP contribution is 2.38. The number of carbonyl (C=O) groups excluding carboxylic acids is 2. The van der Waals surface area contributed by atoms with Crippen molar-refractivity contribution in [3.8, 4) is 5.75 Å². The molecule has 0 saturated carbocycles. The first-order valence-corrected chi connectivity index (χ1v) is 13.2. The van der Waals surface area contributed by atoms with Gasteiger partial charge in [0, 0.05) is 33.1 Å². The molecule has 2 saturated heterocycles. The summed E-state index contributed by atoms with van der Waals surface area (Å²) in [6, 6.07) is 12.9. The summed E-state index contributed by atoms with van der Waals surface area (Å²) in [4.78, 5) is 23.2. The molecule has 4 unspecified atom stereocenters. The third kappa shape index (κ3) is 7.55. The molecule has 4 atom stereocenters. The van der Waals surface area contributed by atoms with Gasteiger partial charge in [0.05, 0.1) is 25.4 Å². The zero-order valence-electron chi connectivity index (χ0n) is 22.3. The van der Waals surface area contributed by atoms with Crippen molar-refractivity contribution < 1.29 is 33.3 Å². The van der Waals surface area contributed by atoms with Gasteiger partial charge in [-0.2, -0.15) is 0 Å². The minimum atomic E-state index is -0.369. The fourth-order valence-electron chi connectivity index (χ4n) is 4.99. The van der Waals surface area contributed by atoms with Crippen molar-refractivity contribution in [2.75, 3.05) is 19.8 Å². The Morgan fingerprint density at radius 2 is 1.76 bits per heavy atom. The summed E-state index contributed by atoms with van der Waals surface area (Å²) in [6.07, 6.45) is 2.62. The van der Waals surface area contributed by atoms with E-state index in [1.165, 1.54) is 25.0 Å². The molecular weight excluding hydrogens is 472 g/mol. The van der Waals surface area contributed by atoms with Crippen LogP contribution in [0.15, 0.2) is 36.4 Å². The smallest absolute Gasteiger partial charge is 0.302 e. The predicted octanol–water partition coefficient (Wildman–Crippen LogP) is 5.03. The molecule has 4 rings (SSSR count). The van der Waals surface area contributed by atoms with Crippen molar-refractivity contribution in [3.05, 3.63) is 64.2 Å². The second-order valence-corrected chi connectivity index (χ2v) is 10.0.